The van der Waals surface area contributed by atoms with Crippen molar-refractivity contribution in [1.29, 1.82) is 5.26 Å². The van der Waals surface area contributed by atoms with Crippen LogP contribution < -0.4 is 5.32 Å². The minimum absolute atomic E-state index is 0.859. The fourth-order valence-corrected chi connectivity index (χ4v) is 1.11. The highest BCUT2D eigenvalue weighted by Crippen LogP contribution is 2.09. The number of nitriles is 1. The zero-order valence-corrected chi connectivity index (χ0v) is 7.17. The summed E-state index contributed by atoms with van der Waals surface area (Å²) in [6, 6.07) is 7.94. The van der Waals surface area contributed by atoms with Crippen LogP contribution in [0.15, 0.2) is 24.3 Å². The summed E-state index contributed by atoms with van der Waals surface area (Å²) in [6.45, 7) is 2.15. The normalized spacial score (nSPS) is 9.00. The van der Waals surface area contributed by atoms with E-state index in [-0.39, 0.29) is 0 Å². The first-order valence-electron chi connectivity index (χ1n) is 4.11. The Bertz CT molecular complexity index is 269. The van der Waals surface area contributed by atoms with Gasteiger partial charge in [0.25, 0.3) is 0 Å². The van der Waals surface area contributed by atoms with Crippen molar-refractivity contribution in [2.75, 3.05) is 5.32 Å². The van der Waals surface area contributed by atoms with Gasteiger partial charge >= 0.3 is 0 Å². The average Bonchev–Trinajstić information content (AvgIpc) is 2.09. The molecule has 2 heteroatoms. The summed E-state index contributed by atoms with van der Waals surface area (Å²) < 4.78 is 0. The molecule has 0 amide bonds. The summed E-state index contributed by atoms with van der Waals surface area (Å²) in [7, 11) is 0. The van der Waals surface area contributed by atoms with Gasteiger partial charge in [0.05, 0.1) is 0 Å². The first kappa shape index (κ1) is 8.61. The first-order valence-corrected chi connectivity index (χ1v) is 4.11. The highest BCUT2D eigenvalue weighted by Gasteiger charge is 1.91. The molecule has 0 bridgehead atoms. The van der Waals surface area contributed by atoms with Crippen LogP contribution >= 0.6 is 0 Å². The monoisotopic (exact) mass is 160 g/mol. The van der Waals surface area contributed by atoms with E-state index in [1.54, 1.807) is 0 Å². The molecule has 12 heavy (non-hydrogen) atoms. The van der Waals surface area contributed by atoms with E-state index >= 15 is 0 Å². The van der Waals surface area contributed by atoms with E-state index in [0.29, 0.717) is 0 Å². The molecule has 0 atom stereocenters. The van der Waals surface area contributed by atoms with Crippen LogP contribution in [-0.4, -0.2) is 0 Å². The molecule has 62 valence electrons. The highest BCUT2D eigenvalue weighted by molar-refractivity contribution is 5.47. The molecule has 1 N–H and O–H groups in total. The van der Waals surface area contributed by atoms with Crippen LogP contribution in [-0.2, 0) is 6.42 Å². The predicted molar refractivity (Wildman–Crippen MR) is 49.7 cm³/mol. The van der Waals surface area contributed by atoms with E-state index in [9.17, 15) is 0 Å². The number of nitrogens with one attached hydrogen (secondary N) is 1. The number of rotatable bonds is 3. The third kappa shape index (κ3) is 2.28. The van der Waals surface area contributed by atoms with Gasteiger partial charge in [-0.25, -0.2) is 0 Å². The molecule has 2 nitrogen and oxygen atoms in total. The van der Waals surface area contributed by atoms with Gasteiger partial charge in [0, 0.05) is 5.69 Å². The summed E-state index contributed by atoms with van der Waals surface area (Å²) in [6.07, 6.45) is 4.15. The van der Waals surface area contributed by atoms with Gasteiger partial charge in [0.15, 0.2) is 6.19 Å². The Morgan fingerprint density at radius 3 is 2.50 bits per heavy atom. The van der Waals surface area contributed by atoms with Crippen molar-refractivity contribution in [3.05, 3.63) is 29.8 Å². The van der Waals surface area contributed by atoms with Crippen LogP contribution in [0.5, 0.6) is 0 Å². The largest absolute Gasteiger partial charge is 0.293 e. The Hall–Kier alpha value is -1.49. The minimum Gasteiger partial charge on any atom is -0.293 e. The van der Waals surface area contributed by atoms with Gasteiger partial charge in [-0.15, -0.1) is 0 Å². The summed E-state index contributed by atoms with van der Waals surface area (Å²) in [4.78, 5) is 0. The Balaban J connectivity index is 2.66. The topological polar surface area (TPSA) is 35.8 Å². The summed E-state index contributed by atoms with van der Waals surface area (Å²) in [5, 5.41) is 10.9. The molecule has 0 aliphatic carbocycles. The predicted octanol–water partition coefficient (Wildman–Crippen LogP) is 2.53. The maximum atomic E-state index is 8.33. The molecule has 0 radical (unpaired) electrons. The van der Waals surface area contributed by atoms with Gasteiger partial charge in [-0.3, -0.25) is 5.32 Å². The molecule has 0 saturated heterocycles. The molecule has 0 saturated carbocycles. The third-order valence-electron chi connectivity index (χ3n) is 1.69. The van der Waals surface area contributed by atoms with Gasteiger partial charge in [-0.1, -0.05) is 25.5 Å². The lowest BCUT2D eigenvalue weighted by Crippen LogP contribution is -1.88. The van der Waals surface area contributed by atoms with Crippen LogP contribution in [0, 0.1) is 11.5 Å². The third-order valence-corrected chi connectivity index (χ3v) is 1.69. The zero-order valence-electron chi connectivity index (χ0n) is 7.17. The van der Waals surface area contributed by atoms with Crippen molar-refractivity contribution in [2.24, 2.45) is 0 Å². The van der Waals surface area contributed by atoms with E-state index in [4.69, 9.17) is 5.26 Å². The van der Waals surface area contributed by atoms with Crippen molar-refractivity contribution < 1.29 is 0 Å². The SMILES string of the molecule is CCCc1ccc(NC#N)cc1. The molecule has 0 aliphatic heterocycles. The van der Waals surface area contributed by atoms with Crippen LogP contribution in [0.2, 0.25) is 0 Å². The molecule has 1 rings (SSSR count). The number of aryl methyl sites for hydroxylation is 1. The van der Waals surface area contributed by atoms with E-state index in [2.05, 4.69) is 12.2 Å². The molecule has 0 spiro atoms. The quantitative estimate of drug-likeness (QED) is 0.544. The van der Waals surface area contributed by atoms with E-state index in [1.165, 1.54) is 5.56 Å². The van der Waals surface area contributed by atoms with Gasteiger partial charge in [-0.05, 0) is 24.1 Å². The smallest absolute Gasteiger partial charge is 0.181 e. The molecule has 0 unspecified atom stereocenters. The van der Waals surface area contributed by atoms with Crippen molar-refractivity contribution in [3.63, 3.8) is 0 Å². The van der Waals surface area contributed by atoms with Crippen molar-refractivity contribution in [1.82, 2.24) is 0 Å². The molecule has 0 heterocycles. The van der Waals surface area contributed by atoms with Gasteiger partial charge in [-0.2, -0.15) is 5.26 Å². The van der Waals surface area contributed by atoms with Gasteiger partial charge < -0.3 is 0 Å². The average molecular weight is 160 g/mol. The molecule has 1 aromatic carbocycles. The number of nitrogens with zero attached hydrogens (tertiary/aromatic N) is 1. The van der Waals surface area contributed by atoms with Crippen molar-refractivity contribution in [2.45, 2.75) is 19.8 Å². The highest BCUT2D eigenvalue weighted by atomic mass is 14.9. The lowest BCUT2D eigenvalue weighted by Gasteiger charge is -1.99. The summed E-state index contributed by atoms with van der Waals surface area (Å²) >= 11 is 0. The first-order chi connectivity index (χ1) is 5.86. The molecular weight excluding hydrogens is 148 g/mol. The second-order valence-corrected chi connectivity index (χ2v) is 2.68. The fourth-order valence-electron chi connectivity index (χ4n) is 1.11. The summed E-state index contributed by atoms with van der Waals surface area (Å²) in [5.41, 5.74) is 2.18. The van der Waals surface area contributed by atoms with Crippen molar-refractivity contribution >= 4 is 5.69 Å². The zero-order chi connectivity index (χ0) is 8.81. The Kier molecular flexibility index (Phi) is 3.16. The lowest BCUT2D eigenvalue weighted by atomic mass is 10.1. The van der Waals surface area contributed by atoms with Crippen LogP contribution in [0.25, 0.3) is 0 Å². The number of hydrogen-bond donors (Lipinski definition) is 1. The molecule has 1 aromatic rings. The minimum atomic E-state index is 0.859. The Labute approximate surface area is 72.8 Å². The number of benzene rings is 1. The summed E-state index contributed by atoms with van der Waals surface area (Å²) in [5.74, 6) is 0. The van der Waals surface area contributed by atoms with E-state index < -0.39 is 0 Å². The maximum absolute atomic E-state index is 8.33. The lowest BCUT2D eigenvalue weighted by molar-refractivity contribution is 0.922. The Morgan fingerprint density at radius 2 is 2.00 bits per heavy atom. The van der Waals surface area contributed by atoms with Crippen LogP contribution in [0.1, 0.15) is 18.9 Å². The molecule has 0 aromatic heterocycles. The number of anilines is 1. The van der Waals surface area contributed by atoms with Crippen molar-refractivity contribution in [3.8, 4) is 6.19 Å². The standard InChI is InChI=1S/C10H12N2/c1-2-3-9-4-6-10(7-5-9)12-8-11/h4-7,12H,2-3H2,1H3. The molecule has 0 fully saturated rings. The maximum Gasteiger partial charge on any atom is 0.181 e. The number of hydrogen-bond acceptors (Lipinski definition) is 2. The second-order valence-electron chi connectivity index (χ2n) is 2.68. The van der Waals surface area contributed by atoms with Gasteiger partial charge in [0.1, 0.15) is 0 Å². The van der Waals surface area contributed by atoms with Crippen LogP contribution in [0.4, 0.5) is 5.69 Å². The van der Waals surface area contributed by atoms with Gasteiger partial charge in [0.2, 0.25) is 0 Å². The molecule has 0 aliphatic rings. The Morgan fingerprint density at radius 1 is 1.33 bits per heavy atom. The van der Waals surface area contributed by atoms with Crippen LogP contribution in [0.3, 0.4) is 0 Å². The van der Waals surface area contributed by atoms with E-state index in [1.807, 2.05) is 30.5 Å². The fraction of sp³-hybridized carbons (Fsp3) is 0.300. The second kappa shape index (κ2) is 4.40. The van der Waals surface area contributed by atoms with E-state index in [0.717, 1.165) is 18.5 Å². The molecular formula is C10H12N2.